The standard InChI is InChI=1S/C21H20N2O/c1-23(14-16-9-4-5-12-22-16)21(24)20-13-19(20)18-11-6-8-15-7-2-3-10-17(15)18/h2-12,19-20H,13-14H2,1H3/t19-,20-/m1/s1. The molecule has 0 aliphatic heterocycles. The number of fused-ring (bicyclic) bond motifs is 1. The Morgan fingerprint density at radius 1 is 1.08 bits per heavy atom. The lowest BCUT2D eigenvalue weighted by Gasteiger charge is -2.17. The predicted octanol–water partition coefficient (Wildman–Crippen LogP) is 4.00. The summed E-state index contributed by atoms with van der Waals surface area (Å²) in [5.41, 5.74) is 2.23. The number of carbonyl (C=O) groups is 1. The molecule has 1 aliphatic rings. The van der Waals surface area contributed by atoms with Gasteiger partial charge in [-0.1, -0.05) is 48.5 Å². The number of hydrogen-bond acceptors (Lipinski definition) is 2. The number of pyridine rings is 1. The summed E-state index contributed by atoms with van der Waals surface area (Å²) in [5, 5.41) is 2.52. The minimum Gasteiger partial charge on any atom is -0.340 e. The van der Waals surface area contributed by atoms with Gasteiger partial charge in [-0.05, 0) is 40.8 Å². The molecule has 1 heterocycles. The zero-order valence-electron chi connectivity index (χ0n) is 13.7. The summed E-state index contributed by atoms with van der Waals surface area (Å²) in [6.45, 7) is 0.568. The molecule has 0 unspecified atom stereocenters. The van der Waals surface area contributed by atoms with Crippen LogP contribution in [0, 0.1) is 5.92 Å². The van der Waals surface area contributed by atoms with E-state index in [4.69, 9.17) is 0 Å². The molecule has 1 saturated carbocycles. The van der Waals surface area contributed by atoms with E-state index < -0.39 is 0 Å². The maximum absolute atomic E-state index is 12.7. The molecule has 24 heavy (non-hydrogen) atoms. The molecule has 1 fully saturated rings. The topological polar surface area (TPSA) is 33.2 Å². The van der Waals surface area contributed by atoms with Crippen LogP contribution in [0.1, 0.15) is 23.6 Å². The molecule has 1 aliphatic carbocycles. The highest BCUT2D eigenvalue weighted by Gasteiger charge is 2.45. The highest BCUT2D eigenvalue weighted by molar-refractivity contribution is 5.89. The minimum atomic E-state index is 0.101. The van der Waals surface area contributed by atoms with Gasteiger partial charge in [0.15, 0.2) is 0 Å². The summed E-state index contributed by atoms with van der Waals surface area (Å²) in [5.74, 6) is 0.665. The molecule has 4 rings (SSSR count). The Labute approximate surface area is 141 Å². The molecule has 0 saturated heterocycles. The van der Waals surface area contributed by atoms with Gasteiger partial charge in [-0.2, -0.15) is 0 Å². The average molecular weight is 316 g/mol. The van der Waals surface area contributed by atoms with Crippen molar-refractivity contribution in [2.24, 2.45) is 5.92 Å². The van der Waals surface area contributed by atoms with E-state index in [1.807, 2.05) is 25.2 Å². The van der Waals surface area contributed by atoms with Crippen LogP contribution in [0.5, 0.6) is 0 Å². The Morgan fingerprint density at radius 2 is 1.88 bits per heavy atom. The van der Waals surface area contributed by atoms with Crippen molar-refractivity contribution in [2.75, 3.05) is 7.05 Å². The Hall–Kier alpha value is -2.68. The van der Waals surface area contributed by atoms with Crippen molar-refractivity contribution in [2.45, 2.75) is 18.9 Å². The van der Waals surface area contributed by atoms with Gasteiger partial charge in [0, 0.05) is 19.2 Å². The van der Waals surface area contributed by atoms with E-state index in [1.165, 1.54) is 16.3 Å². The highest BCUT2D eigenvalue weighted by Crippen LogP contribution is 2.50. The first kappa shape index (κ1) is 14.9. The van der Waals surface area contributed by atoms with Gasteiger partial charge in [-0.15, -0.1) is 0 Å². The first-order chi connectivity index (χ1) is 11.7. The van der Waals surface area contributed by atoms with Crippen molar-refractivity contribution in [3.05, 3.63) is 78.1 Å². The number of hydrogen-bond donors (Lipinski definition) is 0. The van der Waals surface area contributed by atoms with Crippen molar-refractivity contribution in [1.29, 1.82) is 0 Å². The van der Waals surface area contributed by atoms with Crippen molar-refractivity contribution in [1.82, 2.24) is 9.88 Å². The van der Waals surface area contributed by atoms with Crippen LogP contribution in [-0.2, 0) is 11.3 Å². The molecule has 2 aromatic carbocycles. The fourth-order valence-corrected chi connectivity index (χ4v) is 3.48. The second-order valence-corrected chi connectivity index (χ2v) is 6.53. The fraction of sp³-hybridized carbons (Fsp3) is 0.238. The van der Waals surface area contributed by atoms with E-state index in [1.54, 1.807) is 11.1 Å². The van der Waals surface area contributed by atoms with Crippen molar-refractivity contribution < 1.29 is 4.79 Å². The molecule has 0 N–H and O–H groups in total. The Balaban J connectivity index is 1.50. The molecular formula is C21H20N2O. The van der Waals surface area contributed by atoms with Crippen LogP contribution in [0.15, 0.2) is 66.9 Å². The lowest BCUT2D eigenvalue weighted by atomic mass is 10.00. The summed E-state index contributed by atoms with van der Waals surface area (Å²) in [6, 6.07) is 20.6. The number of carbonyl (C=O) groups excluding carboxylic acids is 1. The number of aromatic nitrogens is 1. The SMILES string of the molecule is CN(Cc1ccccn1)C(=O)[C@@H]1C[C@@H]1c1cccc2ccccc12. The highest BCUT2D eigenvalue weighted by atomic mass is 16.2. The largest absolute Gasteiger partial charge is 0.340 e. The Morgan fingerprint density at radius 3 is 2.71 bits per heavy atom. The van der Waals surface area contributed by atoms with E-state index in [2.05, 4.69) is 47.4 Å². The second-order valence-electron chi connectivity index (χ2n) is 6.53. The molecule has 0 radical (unpaired) electrons. The maximum Gasteiger partial charge on any atom is 0.226 e. The lowest BCUT2D eigenvalue weighted by molar-refractivity contribution is -0.131. The van der Waals surface area contributed by atoms with Gasteiger partial charge in [0.1, 0.15) is 0 Å². The molecule has 3 heteroatoms. The van der Waals surface area contributed by atoms with E-state index in [9.17, 15) is 4.79 Å². The number of rotatable bonds is 4. The summed E-state index contributed by atoms with van der Waals surface area (Å²) < 4.78 is 0. The van der Waals surface area contributed by atoms with Crippen LogP contribution in [0.25, 0.3) is 10.8 Å². The molecule has 3 aromatic rings. The smallest absolute Gasteiger partial charge is 0.226 e. The zero-order valence-corrected chi connectivity index (χ0v) is 13.7. The minimum absolute atomic E-state index is 0.101. The van der Waals surface area contributed by atoms with Crippen LogP contribution in [-0.4, -0.2) is 22.8 Å². The normalized spacial score (nSPS) is 19.2. The van der Waals surface area contributed by atoms with Gasteiger partial charge in [0.25, 0.3) is 0 Å². The number of nitrogens with zero attached hydrogens (tertiary/aromatic N) is 2. The third kappa shape index (κ3) is 2.78. The molecular weight excluding hydrogens is 296 g/mol. The van der Waals surface area contributed by atoms with Gasteiger partial charge in [-0.3, -0.25) is 9.78 Å². The zero-order chi connectivity index (χ0) is 16.5. The molecule has 2 atom stereocenters. The van der Waals surface area contributed by atoms with Gasteiger partial charge >= 0.3 is 0 Å². The number of benzene rings is 2. The third-order valence-electron chi connectivity index (χ3n) is 4.83. The monoisotopic (exact) mass is 316 g/mol. The van der Waals surface area contributed by atoms with Crippen LogP contribution >= 0.6 is 0 Å². The van der Waals surface area contributed by atoms with E-state index in [0.717, 1.165) is 12.1 Å². The maximum atomic E-state index is 12.7. The average Bonchev–Trinajstić information content (AvgIpc) is 3.42. The van der Waals surface area contributed by atoms with Gasteiger partial charge in [-0.25, -0.2) is 0 Å². The third-order valence-corrected chi connectivity index (χ3v) is 4.83. The van der Waals surface area contributed by atoms with E-state index in [-0.39, 0.29) is 11.8 Å². The second kappa shape index (κ2) is 6.08. The van der Waals surface area contributed by atoms with Gasteiger partial charge in [0.2, 0.25) is 5.91 Å². The summed E-state index contributed by atoms with van der Waals surface area (Å²) >= 11 is 0. The van der Waals surface area contributed by atoms with Gasteiger partial charge in [0.05, 0.1) is 12.2 Å². The van der Waals surface area contributed by atoms with Crippen LogP contribution < -0.4 is 0 Å². The molecule has 0 spiro atoms. The van der Waals surface area contributed by atoms with Crippen LogP contribution in [0.4, 0.5) is 0 Å². The molecule has 3 nitrogen and oxygen atoms in total. The van der Waals surface area contributed by atoms with Crippen LogP contribution in [0.3, 0.4) is 0 Å². The van der Waals surface area contributed by atoms with Crippen molar-refractivity contribution >= 4 is 16.7 Å². The quantitative estimate of drug-likeness (QED) is 0.729. The van der Waals surface area contributed by atoms with Crippen LogP contribution in [0.2, 0.25) is 0 Å². The first-order valence-electron chi connectivity index (χ1n) is 8.36. The number of amides is 1. The van der Waals surface area contributed by atoms with Crippen molar-refractivity contribution in [3.8, 4) is 0 Å². The first-order valence-corrected chi connectivity index (χ1v) is 8.36. The summed E-state index contributed by atoms with van der Waals surface area (Å²) in [4.78, 5) is 18.8. The Bertz CT molecular complexity index is 870. The molecule has 1 aromatic heterocycles. The molecule has 0 bridgehead atoms. The Kier molecular flexibility index (Phi) is 3.77. The summed E-state index contributed by atoms with van der Waals surface area (Å²) in [7, 11) is 1.87. The molecule has 1 amide bonds. The van der Waals surface area contributed by atoms with Crippen molar-refractivity contribution in [3.63, 3.8) is 0 Å². The van der Waals surface area contributed by atoms with E-state index in [0.29, 0.717) is 12.5 Å². The van der Waals surface area contributed by atoms with Gasteiger partial charge < -0.3 is 4.90 Å². The lowest BCUT2D eigenvalue weighted by Crippen LogP contribution is -2.28. The fourth-order valence-electron chi connectivity index (χ4n) is 3.48. The predicted molar refractivity (Wildman–Crippen MR) is 95.5 cm³/mol. The van der Waals surface area contributed by atoms with E-state index >= 15 is 0 Å². The molecule has 120 valence electrons. The summed E-state index contributed by atoms with van der Waals surface area (Å²) in [6.07, 6.45) is 2.71.